The van der Waals surface area contributed by atoms with E-state index in [0.29, 0.717) is 26.2 Å². The molecule has 0 saturated carbocycles. The highest BCUT2D eigenvalue weighted by Crippen LogP contribution is 2.22. The molecule has 142 valence electrons. The quantitative estimate of drug-likeness (QED) is 0.750. The molecular weight excluding hydrogens is 356 g/mol. The summed E-state index contributed by atoms with van der Waals surface area (Å²) in [5.41, 5.74) is 1.50. The summed E-state index contributed by atoms with van der Waals surface area (Å²) in [5.74, 6) is 1.12. The van der Waals surface area contributed by atoms with E-state index in [1.807, 2.05) is 35.4 Å². The molecule has 3 aromatic rings. The van der Waals surface area contributed by atoms with E-state index >= 15 is 0 Å². The van der Waals surface area contributed by atoms with Gasteiger partial charge in [-0.25, -0.2) is 18.7 Å². The molecular formula is C17H19F2N7O. The fraction of sp³-hybridized carbons (Fsp3) is 0.412. The van der Waals surface area contributed by atoms with E-state index in [4.69, 9.17) is 0 Å². The average molecular weight is 375 g/mol. The number of aryl methyl sites for hydroxylation is 2. The summed E-state index contributed by atoms with van der Waals surface area (Å²) in [6, 6.07) is 4.74. The molecule has 1 saturated heterocycles. The van der Waals surface area contributed by atoms with Gasteiger partial charge in [0.15, 0.2) is 5.65 Å². The minimum atomic E-state index is -2.77. The summed E-state index contributed by atoms with van der Waals surface area (Å²) < 4.78 is 27.6. The summed E-state index contributed by atoms with van der Waals surface area (Å²) in [5, 5.41) is 4.50. The lowest BCUT2D eigenvalue weighted by Gasteiger charge is -2.36. The van der Waals surface area contributed by atoms with Crippen LogP contribution in [0, 0.1) is 13.8 Å². The van der Waals surface area contributed by atoms with Gasteiger partial charge in [0.25, 0.3) is 12.0 Å². The molecule has 1 fully saturated rings. The van der Waals surface area contributed by atoms with E-state index in [9.17, 15) is 13.6 Å². The van der Waals surface area contributed by atoms with E-state index in [0.717, 1.165) is 28.9 Å². The Labute approximate surface area is 153 Å². The van der Waals surface area contributed by atoms with Crippen molar-refractivity contribution in [1.29, 1.82) is 0 Å². The molecule has 0 atom stereocenters. The summed E-state index contributed by atoms with van der Waals surface area (Å²) in [6.07, 6.45) is -2.77. The van der Waals surface area contributed by atoms with E-state index in [-0.39, 0.29) is 5.95 Å². The van der Waals surface area contributed by atoms with Crippen LogP contribution < -0.4 is 15.4 Å². The van der Waals surface area contributed by atoms with E-state index < -0.39 is 17.7 Å². The standard InChI is InChI=1S/C17H19F2N7O/c1-10-8-15(26-13(20-10)7-11(2)23-26)24-3-5-25(6-4-24)17-21-12(16(18)19)9-14(27)22-17/h7-9,16H,3-6H2,1-2H3,(H,21,22,27). The lowest BCUT2D eigenvalue weighted by molar-refractivity contribution is 0.146. The van der Waals surface area contributed by atoms with Gasteiger partial charge in [0.05, 0.1) is 5.69 Å². The van der Waals surface area contributed by atoms with Crippen LogP contribution in [0.2, 0.25) is 0 Å². The molecule has 10 heteroatoms. The zero-order chi connectivity index (χ0) is 19.1. The highest BCUT2D eigenvalue weighted by Gasteiger charge is 2.23. The molecule has 27 heavy (non-hydrogen) atoms. The first-order valence-electron chi connectivity index (χ1n) is 8.64. The van der Waals surface area contributed by atoms with Crippen molar-refractivity contribution in [3.63, 3.8) is 0 Å². The Morgan fingerprint density at radius 3 is 2.41 bits per heavy atom. The van der Waals surface area contributed by atoms with Crippen molar-refractivity contribution >= 4 is 17.4 Å². The molecule has 1 aliphatic rings. The number of hydrogen-bond acceptors (Lipinski definition) is 6. The van der Waals surface area contributed by atoms with Crippen LogP contribution in [-0.4, -0.2) is 50.7 Å². The predicted molar refractivity (Wildman–Crippen MR) is 96.7 cm³/mol. The molecule has 8 nitrogen and oxygen atoms in total. The fourth-order valence-corrected chi connectivity index (χ4v) is 3.29. The average Bonchev–Trinajstić information content (AvgIpc) is 3.00. The lowest BCUT2D eigenvalue weighted by atomic mass is 10.3. The van der Waals surface area contributed by atoms with Gasteiger partial charge in [0.2, 0.25) is 5.95 Å². The highest BCUT2D eigenvalue weighted by atomic mass is 19.3. The topological polar surface area (TPSA) is 82.4 Å². The van der Waals surface area contributed by atoms with Gasteiger partial charge in [-0.15, -0.1) is 0 Å². The number of H-pyrrole nitrogens is 1. The molecule has 1 aliphatic heterocycles. The number of fused-ring (bicyclic) bond motifs is 1. The van der Waals surface area contributed by atoms with Gasteiger partial charge in [-0.1, -0.05) is 0 Å². The first-order valence-corrected chi connectivity index (χ1v) is 8.64. The monoisotopic (exact) mass is 375 g/mol. The van der Waals surface area contributed by atoms with Crippen LogP contribution in [0.5, 0.6) is 0 Å². The van der Waals surface area contributed by atoms with Crippen LogP contribution in [-0.2, 0) is 0 Å². The normalized spacial score (nSPS) is 15.1. The molecule has 0 radical (unpaired) electrons. The molecule has 3 aromatic heterocycles. The van der Waals surface area contributed by atoms with Crippen molar-refractivity contribution in [2.75, 3.05) is 36.0 Å². The van der Waals surface area contributed by atoms with Crippen LogP contribution >= 0.6 is 0 Å². The minimum absolute atomic E-state index is 0.184. The number of piperazine rings is 1. The summed E-state index contributed by atoms with van der Waals surface area (Å²) in [4.78, 5) is 26.6. The molecule has 1 N–H and O–H groups in total. The number of nitrogens with zero attached hydrogens (tertiary/aromatic N) is 6. The van der Waals surface area contributed by atoms with Gasteiger partial charge >= 0.3 is 0 Å². The Hall–Kier alpha value is -3.04. The third-order valence-electron chi connectivity index (χ3n) is 4.53. The van der Waals surface area contributed by atoms with Crippen LogP contribution in [0.3, 0.4) is 0 Å². The van der Waals surface area contributed by atoms with Gasteiger partial charge in [0, 0.05) is 50.1 Å². The predicted octanol–water partition coefficient (Wildman–Crippen LogP) is 1.69. The maximum atomic E-state index is 12.9. The number of halogens is 2. The second-order valence-electron chi connectivity index (χ2n) is 6.58. The molecule has 4 heterocycles. The Morgan fingerprint density at radius 2 is 1.70 bits per heavy atom. The van der Waals surface area contributed by atoms with Gasteiger partial charge in [-0.3, -0.25) is 9.78 Å². The van der Waals surface area contributed by atoms with E-state index in [1.165, 1.54) is 0 Å². The summed E-state index contributed by atoms with van der Waals surface area (Å²) in [6.45, 7) is 6.22. The van der Waals surface area contributed by atoms with E-state index in [2.05, 4.69) is 25.0 Å². The van der Waals surface area contributed by atoms with Crippen LogP contribution in [0.15, 0.2) is 23.0 Å². The third kappa shape index (κ3) is 3.34. The van der Waals surface area contributed by atoms with Crippen molar-refractivity contribution in [3.8, 4) is 0 Å². The first-order chi connectivity index (χ1) is 12.9. The molecule has 0 amide bonds. The zero-order valence-electron chi connectivity index (χ0n) is 15.0. The number of aromatic nitrogens is 5. The molecule has 0 aromatic carbocycles. The summed E-state index contributed by atoms with van der Waals surface area (Å²) >= 11 is 0. The van der Waals surface area contributed by atoms with Gasteiger partial charge < -0.3 is 9.80 Å². The number of rotatable bonds is 3. The zero-order valence-corrected chi connectivity index (χ0v) is 15.0. The van der Waals surface area contributed by atoms with Gasteiger partial charge in [0.1, 0.15) is 11.5 Å². The number of aromatic amines is 1. The van der Waals surface area contributed by atoms with Crippen LogP contribution in [0.1, 0.15) is 23.5 Å². The Morgan fingerprint density at radius 1 is 1.00 bits per heavy atom. The van der Waals surface area contributed by atoms with Crippen molar-refractivity contribution in [1.82, 2.24) is 24.6 Å². The number of anilines is 2. The SMILES string of the molecule is Cc1cc(N2CCN(c3nc(C(F)F)cc(=O)[nH]3)CC2)n2nc(C)cc2n1. The number of alkyl halides is 2. The van der Waals surface area contributed by atoms with Gasteiger partial charge in [-0.05, 0) is 13.8 Å². The lowest BCUT2D eigenvalue weighted by Crippen LogP contribution is -2.48. The van der Waals surface area contributed by atoms with Crippen LogP contribution in [0.25, 0.3) is 5.65 Å². The minimum Gasteiger partial charge on any atom is -0.353 e. The van der Waals surface area contributed by atoms with Gasteiger partial charge in [-0.2, -0.15) is 9.61 Å². The molecule has 0 spiro atoms. The smallest absolute Gasteiger partial charge is 0.280 e. The molecule has 0 aliphatic carbocycles. The Balaban J connectivity index is 1.57. The van der Waals surface area contributed by atoms with E-state index in [1.54, 1.807) is 0 Å². The fourth-order valence-electron chi connectivity index (χ4n) is 3.29. The van der Waals surface area contributed by atoms with Crippen LogP contribution in [0.4, 0.5) is 20.5 Å². The van der Waals surface area contributed by atoms with Crippen molar-refractivity contribution in [2.24, 2.45) is 0 Å². The highest BCUT2D eigenvalue weighted by molar-refractivity contribution is 5.53. The second kappa shape index (κ2) is 6.60. The Bertz CT molecular complexity index is 1040. The first kappa shape index (κ1) is 17.4. The molecule has 0 unspecified atom stereocenters. The van der Waals surface area contributed by atoms with Crippen molar-refractivity contribution in [2.45, 2.75) is 20.3 Å². The third-order valence-corrected chi connectivity index (χ3v) is 4.53. The summed E-state index contributed by atoms with van der Waals surface area (Å²) in [7, 11) is 0. The second-order valence-corrected chi connectivity index (χ2v) is 6.58. The van der Waals surface area contributed by atoms with Crippen molar-refractivity contribution in [3.05, 3.63) is 45.6 Å². The largest absolute Gasteiger partial charge is 0.353 e. The Kier molecular flexibility index (Phi) is 4.25. The number of nitrogens with one attached hydrogen (secondary N) is 1. The maximum absolute atomic E-state index is 12.9. The molecule has 0 bridgehead atoms. The number of hydrogen-bond donors (Lipinski definition) is 1. The van der Waals surface area contributed by atoms with Crippen molar-refractivity contribution < 1.29 is 8.78 Å². The maximum Gasteiger partial charge on any atom is 0.280 e. The molecule has 4 rings (SSSR count).